The van der Waals surface area contributed by atoms with Crippen LogP contribution in [0, 0.1) is 32.6 Å². The van der Waals surface area contributed by atoms with Crippen LogP contribution in [0.4, 0.5) is 5.69 Å². The second kappa shape index (κ2) is 6.78. The molecule has 0 aromatic heterocycles. The largest absolute Gasteiger partial charge is 0.387 e. The minimum absolute atomic E-state index is 0.00796. The number of hydrogen-bond donors (Lipinski definition) is 3. The third kappa shape index (κ3) is 6.00. The van der Waals surface area contributed by atoms with Crippen LogP contribution >= 0.6 is 0 Å². The second-order valence-corrected chi connectivity index (χ2v) is 3.31. The van der Waals surface area contributed by atoms with Crippen molar-refractivity contribution < 1.29 is 15.2 Å². The molecule has 0 aliphatic heterocycles. The smallest absolute Gasteiger partial charge is 0.291 e. The van der Waals surface area contributed by atoms with E-state index in [0.29, 0.717) is 0 Å². The number of nitro benzene ring substituents is 1. The standard InChI is InChI=1S/C9H11N3O2.HNO3/c1-6-2-3-8(12(13)14)4-7(6)5-9(10)11;2-1(3)4/h2-4H,5H2,1H3,(H3,10,11);(H,2,3,4). The molecule has 9 nitrogen and oxygen atoms in total. The Kier molecular flexibility index (Phi) is 5.76. The quantitative estimate of drug-likeness (QED) is 0.317. The van der Waals surface area contributed by atoms with E-state index in [1.165, 1.54) is 12.1 Å². The van der Waals surface area contributed by atoms with Crippen LogP contribution in [0.2, 0.25) is 0 Å². The minimum atomic E-state index is -1.50. The third-order valence-corrected chi connectivity index (χ3v) is 1.92. The highest BCUT2D eigenvalue weighted by molar-refractivity contribution is 5.80. The van der Waals surface area contributed by atoms with Gasteiger partial charge in [-0.2, -0.15) is 0 Å². The fourth-order valence-electron chi connectivity index (χ4n) is 1.17. The Morgan fingerprint density at radius 2 is 1.94 bits per heavy atom. The molecule has 1 aromatic carbocycles. The van der Waals surface area contributed by atoms with E-state index in [1.54, 1.807) is 6.07 Å². The molecule has 4 N–H and O–H groups in total. The van der Waals surface area contributed by atoms with Crippen molar-refractivity contribution in [2.45, 2.75) is 13.3 Å². The first kappa shape index (κ1) is 15.3. The van der Waals surface area contributed by atoms with Crippen molar-refractivity contribution in [3.05, 3.63) is 49.6 Å². The second-order valence-electron chi connectivity index (χ2n) is 3.31. The molecule has 0 amide bonds. The van der Waals surface area contributed by atoms with E-state index in [-0.39, 0.29) is 17.9 Å². The van der Waals surface area contributed by atoms with Crippen molar-refractivity contribution >= 4 is 11.5 Å². The Hall–Kier alpha value is -2.71. The summed E-state index contributed by atoms with van der Waals surface area (Å²) in [6.45, 7) is 1.84. The van der Waals surface area contributed by atoms with Gasteiger partial charge in [0.05, 0.1) is 10.8 Å². The van der Waals surface area contributed by atoms with Crippen molar-refractivity contribution in [3.8, 4) is 0 Å². The van der Waals surface area contributed by atoms with Gasteiger partial charge in [0.2, 0.25) is 0 Å². The molecule has 0 aliphatic carbocycles. The molecule has 0 saturated carbocycles. The maximum atomic E-state index is 10.5. The van der Waals surface area contributed by atoms with Gasteiger partial charge in [-0.1, -0.05) is 6.07 Å². The molecule has 0 spiro atoms. The number of nitrogens with one attached hydrogen (secondary N) is 1. The number of aryl methyl sites for hydroxylation is 1. The van der Waals surface area contributed by atoms with Crippen LogP contribution < -0.4 is 5.73 Å². The van der Waals surface area contributed by atoms with Gasteiger partial charge in [0.15, 0.2) is 0 Å². The zero-order valence-corrected chi connectivity index (χ0v) is 9.49. The summed E-state index contributed by atoms with van der Waals surface area (Å²) in [5.74, 6) is 0.00796. The summed E-state index contributed by atoms with van der Waals surface area (Å²) in [5, 5.41) is 31.2. The third-order valence-electron chi connectivity index (χ3n) is 1.92. The number of nitro groups is 1. The molecule has 98 valence electrons. The number of benzene rings is 1. The highest BCUT2D eigenvalue weighted by atomic mass is 16.9. The summed E-state index contributed by atoms with van der Waals surface area (Å²) in [6.07, 6.45) is 0.257. The van der Waals surface area contributed by atoms with Crippen LogP contribution in [0.15, 0.2) is 18.2 Å². The Morgan fingerprint density at radius 1 is 1.44 bits per heavy atom. The SMILES string of the molecule is Cc1ccc([N+](=O)[O-])cc1CC(=N)N.O=[N+]([O-])O. The maximum absolute atomic E-state index is 10.5. The normalized spacial score (nSPS) is 8.94. The number of amidine groups is 1. The van der Waals surface area contributed by atoms with Gasteiger partial charge in [0, 0.05) is 18.6 Å². The molecule has 0 bridgehead atoms. The Morgan fingerprint density at radius 3 is 2.33 bits per heavy atom. The lowest BCUT2D eigenvalue weighted by Gasteiger charge is -2.03. The molecule has 1 rings (SSSR count). The monoisotopic (exact) mass is 256 g/mol. The molecule has 0 heterocycles. The summed E-state index contributed by atoms with van der Waals surface area (Å²) in [4.78, 5) is 18.4. The number of non-ortho nitro benzene ring substituents is 1. The molecule has 0 atom stereocenters. The molecule has 0 saturated heterocycles. The first-order valence-electron chi connectivity index (χ1n) is 4.64. The van der Waals surface area contributed by atoms with Crippen molar-refractivity contribution in [3.63, 3.8) is 0 Å². The van der Waals surface area contributed by atoms with Crippen LogP contribution in [-0.4, -0.2) is 21.1 Å². The van der Waals surface area contributed by atoms with E-state index < -0.39 is 10.0 Å². The van der Waals surface area contributed by atoms with Crippen molar-refractivity contribution in [2.24, 2.45) is 5.73 Å². The summed E-state index contributed by atoms with van der Waals surface area (Å²) in [7, 11) is 0. The first-order chi connectivity index (χ1) is 8.23. The summed E-state index contributed by atoms with van der Waals surface area (Å²) < 4.78 is 0. The fraction of sp³-hybridized carbons (Fsp3) is 0.222. The van der Waals surface area contributed by atoms with E-state index in [9.17, 15) is 10.1 Å². The lowest BCUT2D eigenvalue weighted by atomic mass is 10.0. The lowest BCUT2D eigenvalue weighted by molar-refractivity contribution is -0.742. The predicted octanol–water partition coefficient (Wildman–Crippen LogP) is 1.03. The number of nitrogens with two attached hydrogens (primary N) is 1. The first-order valence-corrected chi connectivity index (χ1v) is 4.64. The number of hydrogen-bond acceptors (Lipinski definition) is 5. The zero-order chi connectivity index (χ0) is 14.3. The molecule has 0 radical (unpaired) electrons. The Labute approximate surface area is 102 Å². The van der Waals surface area contributed by atoms with Gasteiger partial charge in [-0.05, 0) is 18.1 Å². The highest BCUT2D eigenvalue weighted by Gasteiger charge is 2.08. The minimum Gasteiger partial charge on any atom is -0.387 e. The maximum Gasteiger partial charge on any atom is 0.291 e. The molecule has 9 heteroatoms. The molecule has 0 unspecified atom stereocenters. The predicted molar refractivity (Wildman–Crippen MR) is 62.2 cm³/mol. The lowest BCUT2D eigenvalue weighted by Crippen LogP contribution is -2.13. The molecule has 0 aliphatic rings. The van der Waals surface area contributed by atoms with Gasteiger partial charge in [0.1, 0.15) is 0 Å². The molecular formula is C9H12N4O5. The van der Waals surface area contributed by atoms with E-state index >= 15 is 0 Å². The van der Waals surface area contributed by atoms with Crippen LogP contribution in [0.5, 0.6) is 0 Å². The number of nitrogens with zero attached hydrogens (tertiary/aromatic N) is 2. The van der Waals surface area contributed by atoms with E-state index in [4.69, 9.17) is 26.5 Å². The zero-order valence-electron chi connectivity index (χ0n) is 9.49. The van der Waals surface area contributed by atoms with Crippen molar-refractivity contribution in [1.29, 1.82) is 5.41 Å². The molecular weight excluding hydrogens is 244 g/mol. The number of rotatable bonds is 3. The van der Waals surface area contributed by atoms with Gasteiger partial charge in [0.25, 0.3) is 10.8 Å². The highest BCUT2D eigenvalue weighted by Crippen LogP contribution is 2.17. The molecule has 1 aromatic rings. The molecule has 18 heavy (non-hydrogen) atoms. The van der Waals surface area contributed by atoms with Gasteiger partial charge in [-0.25, -0.2) is 0 Å². The summed E-state index contributed by atoms with van der Waals surface area (Å²) in [6, 6.07) is 4.56. The summed E-state index contributed by atoms with van der Waals surface area (Å²) >= 11 is 0. The Balaban J connectivity index is 0.000000631. The van der Waals surface area contributed by atoms with Gasteiger partial charge in [-0.15, -0.1) is 10.1 Å². The van der Waals surface area contributed by atoms with E-state index in [2.05, 4.69) is 0 Å². The van der Waals surface area contributed by atoms with Gasteiger partial charge in [-0.3, -0.25) is 15.5 Å². The summed E-state index contributed by atoms with van der Waals surface area (Å²) in [5.41, 5.74) is 6.90. The van der Waals surface area contributed by atoms with Gasteiger partial charge < -0.3 is 10.9 Å². The van der Waals surface area contributed by atoms with Crippen LogP contribution in [0.3, 0.4) is 0 Å². The van der Waals surface area contributed by atoms with Gasteiger partial charge >= 0.3 is 0 Å². The van der Waals surface area contributed by atoms with Crippen LogP contribution in [-0.2, 0) is 6.42 Å². The fourth-order valence-corrected chi connectivity index (χ4v) is 1.17. The van der Waals surface area contributed by atoms with E-state index in [1.807, 2.05) is 6.92 Å². The average molecular weight is 256 g/mol. The average Bonchev–Trinajstić information content (AvgIpc) is 2.19. The molecule has 0 fully saturated rings. The Bertz CT molecular complexity index is 470. The van der Waals surface area contributed by atoms with E-state index in [0.717, 1.165) is 11.1 Å². The topological polar surface area (TPSA) is 156 Å². The van der Waals surface area contributed by atoms with Crippen molar-refractivity contribution in [1.82, 2.24) is 0 Å². The van der Waals surface area contributed by atoms with Crippen molar-refractivity contribution in [2.75, 3.05) is 0 Å². The van der Waals surface area contributed by atoms with Crippen LogP contribution in [0.1, 0.15) is 11.1 Å². The van der Waals surface area contributed by atoms with Crippen LogP contribution in [0.25, 0.3) is 0 Å².